The third-order valence-electron chi connectivity index (χ3n) is 7.52. The quantitative estimate of drug-likeness (QED) is 0.754. The zero-order chi connectivity index (χ0) is 20.9. The second kappa shape index (κ2) is 7.47. The predicted molar refractivity (Wildman–Crippen MR) is 115 cm³/mol. The van der Waals surface area contributed by atoms with Gasteiger partial charge in [0.15, 0.2) is 5.58 Å². The number of rotatable bonds is 3. The first-order chi connectivity index (χ1) is 14.5. The topological polar surface area (TPSA) is 67.5 Å². The third-order valence-corrected chi connectivity index (χ3v) is 7.52. The molecular weight excluding hydrogens is 378 g/mol. The molecule has 3 heterocycles. The highest BCUT2D eigenvalue weighted by molar-refractivity contribution is 6.03. The van der Waals surface area contributed by atoms with Crippen molar-refractivity contribution in [2.24, 2.45) is 0 Å². The molecule has 0 unspecified atom stereocenters. The van der Waals surface area contributed by atoms with Crippen LogP contribution in [0.4, 0.5) is 0 Å². The second-order valence-corrected chi connectivity index (χ2v) is 9.77. The summed E-state index contributed by atoms with van der Waals surface area (Å²) in [5.41, 5.74) is 1.41. The van der Waals surface area contributed by atoms with E-state index in [1.54, 1.807) is 0 Å². The first-order valence-electron chi connectivity index (χ1n) is 11.7. The maximum absolute atomic E-state index is 13.7. The van der Waals surface area contributed by atoms with E-state index >= 15 is 0 Å². The van der Waals surface area contributed by atoms with Gasteiger partial charge in [0.25, 0.3) is 5.91 Å². The molecule has 30 heavy (non-hydrogen) atoms. The summed E-state index contributed by atoms with van der Waals surface area (Å²) in [4.78, 5) is 29.4. The van der Waals surface area contributed by atoms with Crippen LogP contribution in [-0.4, -0.2) is 38.9 Å². The summed E-state index contributed by atoms with van der Waals surface area (Å²) in [5.74, 6) is 0.795. The highest BCUT2D eigenvalue weighted by Crippen LogP contribution is 2.38. The Hall–Kier alpha value is -2.24. The molecule has 3 aliphatic rings. The van der Waals surface area contributed by atoms with Crippen LogP contribution < -0.4 is 5.32 Å². The normalized spacial score (nSPS) is 26.2. The Bertz CT molecular complexity index is 960. The van der Waals surface area contributed by atoms with E-state index in [0.29, 0.717) is 12.2 Å². The van der Waals surface area contributed by atoms with Crippen LogP contribution in [0, 0.1) is 6.92 Å². The lowest BCUT2D eigenvalue weighted by Gasteiger charge is -2.47. The average Bonchev–Trinajstić information content (AvgIpc) is 3.36. The van der Waals surface area contributed by atoms with Gasteiger partial charge >= 0.3 is 0 Å². The molecule has 0 saturated heterocycles. The maximum Gasteiger partial charge on any atom is 0.271 e. The van der Waals surface area contributed by atoms with E-state index < -0.39 is 5.54 Å². The zero-order valence-electron chi connectivity index (χ0n) is 18.2. The van der Waals surface area contributed by atoms with Crippen molar-refractivity contribution >= 4 is 22.9 Å². The minimum atomic E-state index is -0.886. The summed E-state index contributed by atoms with van der Waals surface area (Å²) < 4.78 is 7.81. The van der Waals surface area contributed by atoms with E-state index in [4.69, 9.17) is 4.42 Å². The lowest BCUT2D eigenvalue weighted by Crippen LogP contribution is -2.67. The van der Waals surface area contributed by atoms with Gasteiger partial charge in [0.05, 0.1) is 12.1 Å². The monoisotopic (exact) mass is 411 g/mol. The van der Waals surface area contributed by atoms with Gasteiger partial charge in [0.1, 0.15) is 17.0 Å². The van der Waals surface area contributed by atoms with Crippen LogP contribution in [0.2, 0.25) is 0 Å². The molecule has 6 nitrogen and oxygen atoms in total. The molecule has 0 spiro atoms. The molecule has 6 heteroatoms. The van der Waals surface area contributed by atoms with Gasteiger partial charge in [0.2, 0.25) is 5.91 Å². The fourth-order valence-corrected chi connectivity index (χ4v) is 5.92. The number of nitrogens with zero attached hydrogens (tertiary/aromatic N) is 2. The number of hydrogen-bond acceptors (Lipinski definition) is 3. The van der Waals surface area contributed by atoms with E-state index in [2.05, 4.69) is 5.32 Å². The summed E-state index contributed by atoms with van der Waals surface area (Å²) in [6, 6.07) is 4.19. The van der Waals surface area contributed by atoms with Gasteiger partial charge in [-0.2, -0.15) is 0 Å². The number of amides is 2. The molecule has 162 valence electrons. The summed E-state index contributed by atoms with van der Waals surface area (Å²) in [6.07, 6.45) is 11.1. The number of carbonyl (C=O) groups excluding carboxylic acids is 2. The van der Waals surface area contributed by atoms with Crippen LogP contribution in [0.3, 0.4) is 0 Å². The van der Waals surface area contributed by atoms with Gasteiger partial charge in [-0.15, -0.1) is 0 Å². The molecule has 5 rings (SSSR count). The first kappa shape index (κ1) is 19.7. The van der Waals surface area contributed by atoms with Crippen molar-refractivity contribution in [2.75, 3.05) is 0 Å². The van der Waals surface area contributed by atoms with E-state index in [1.165, 1.54) is 25.7 Å². The Morgan fingerprint density at radius 2 is 1.73 bits per heavy atom. The van der Waals surface area contributed by atoms with Gasteiger partial charge in [-0.25, -0.2) is 0 Å². The molecule has 0 radical (unpaired) electrons. The van der Waals surface area contributed by atoms with Gasteiger partial charge in [-0.1, -0.05) is 38.5 Å². The van der Waals surface area contributed by atoms with Gasteiger partial charge in [-0.3, -0.25) is 9.59 Å². The third kappa shape index (κ3) is 3.15. The Morgan fingerprint density at radius 1 is 1.07 bits per heavy atom. The molecule has 2 amide bonds. The number of fused-ring (bicyclic) bond motifs is 3. The van der Waals surface area contributed by atoms with Crippen LogP contribution in [0.15, 0.2) is 16.5 Å². The zero-order valence-corrected chi connectivity index (χ0v) is 18.2. The molecule has 2 aromatic rings. The fourth-order valence-electron chi connectivity index (χ4n) is 5.92. The molecule has 2 aliphatic carbocycles. The summed E-state index contributed by atoms with van der Waals surface area (Å²) in [7, 11) is 0. The minimum Gasteiger partial charge on any atom is -0.460 e. The van der Waals surface area contributed by atoms with E-state index in [1.807, 2.05) is 35.4 Å². The maximum atomic E-state index is 13.7. The number of furan rings is 1. The highest BCUT2D eigenvalue weighted by Gasteiger charge is 2.51. The summed E-state index contributed by atoms with van der Waals surface area (Å²) in [6.45, 7) is 4.36. The van der Waals surface area contributed by atoms with Crippen LogP contribution in [0.1, 0.15) is 87.4 Å². The lowest BCUT2D eigenvalue weighted by molar-refractivity contribution is -0.135. The molecule has 1 aliphatic heterocycles. The van der Waals surface area contributed by atoms with Crippen LogP contribution in [-0.2, 0) is 11.3 Å². The average molecular weight is 412 g/mol. The van der Waals surface area contributed by atoms with Crippen LogP contribution in [0.25, 0.3) is 11.1 Å². The van der Waals surface area contributed by atoms with Crippen molar-refractivity contribution < 1.29 is 14.0 Å². The number of carbonyl (C=O) groups is 2. The Morgan fingerprint density at radius 3 is 2.43 bits per heavy atom. The van der Waals surface area contributed by atoms with Gasteiger partial charge in [0, 0.05) is 24.2 Å². The summed E-state index contributed by atoms with van der Waals surface area (Å²) in [5, 5.41) is 3.35. The molecule has 2 fully saturated rings. The fraction of sp³-hybridized carbons (Fsp3) is 0.667. The Kier molecular flexibility index (Phi) is 4.91. The van der Waals surface area contributed by atoms with Crippen LogP contribution in [0.5, 0.6) is 0 Å². The molecule has 1 N–H and O–H groups in total. The van der Waals surface area contributed by atoms with Crippen molar-refractivity contribution in [2.45, 2.75) is 102 Å². The molecule has 2 saturated carbocycles. The number of aryl methyl sites for hydroxylation is 1. The standard InChI is InChI=1S/C24H33N3O3/c1-16-13-19-21(30-16)14-20-22(28)27(18-11-7-8-12-18)24(2,15-26(19)20)23(29)25-17-9-5-3-4-6-10-17/h13-14,17-18H,3-12,15H2,1-2H3,(H,25,29)/t24-/m0/s1. The Balaban J connectivity index is 1.52. The van der Waals surface area contributed by atoms with Crippen molar-refractivity contribution in [1.82, 2.24) is 14.8 Å². The molecule has 0 aromatic carbocycles. The molecular formula is C24H33N3O3. The van der Waals surface area contributed by atoms with Crippen molar-refractivity contribution in [3.05, 3.63) is 23.6 Å². The lowest BCUT2D eigenvalue weighted by atomic mass is 9.91. The van der Waals surface area contributed by atoms with Gasteiger partial charge < -0.3 is 19.2 Å². The van der Waals surface area contributed by atoms with Crippen molar-refractivity contribution in [3.8, 4) is 0 Å². The van der Waals surface area contributed by atoms with Gasteiger partial charge in [-0.05, 0) is 39.5 Å². The van der Waals surface area contributed by atoms with Crippen molar-refractivity contribution in [1.29, 1.82) is 0 Å². The highest BCUT2D eigenvalue weighted by atomic mass is 16.3. The number of nitrogens with one attached hydrogen (secondary N) is 1. The van der Waals surface area contributed by atoms with E-state index in [9.17, 15) is 9.59 Å². The minimum absolute atomic E-state index is 0.00219. The SMILES string of the molecule is Cc1cc2c(cc3n2C[C@@](C)(C(=O)NC2CCCCCC2)N(C2CCCC2)C3=O)o1. The number of hydrogen-bond donors (Lipinski definition) is 1. The first-order valence-corrected chi connectivity index (χ1v) is 11.7. The molecule has 2 aromatic heterocycles. The second-order valence-electron chi connectivity index (χ2n) is 9.77. The predicted octanol–water partition coefficient (Wildman–Crippen LogP) is 4.54. The van der Waals surface area contributed by atoms with E-state index in [0.717, 1.165) is 55.4 Å². The number of aromatic nitrogens is 1. The van der Waals surface area contributed by atoms with E-state index in [-0.39, 0.29) is 23.9 Å². The van der Waals surface area contributed by atoms with Crippen LogP contribution >= 0.6 is 0 Å². The molecule has 0 bridgehead atoms. The Labute approximate surface area is 178 Å². The summed E-state index contributed by atoms with van der Waals surface area (Å²) >= 11 is 0. The van der Waals surface area contributed by atoms with Crippen molar-refractivity contribution in [3.63, 3.8) is 0 Å². The largest absolute Gasteiger partial charge is 0.460 e. The molecule has 1 atom stereocenters. The smallest absolute Gasteiger partial charge is 0.271 e.